The predicted molar refractivity (Wildman–Crippen MR) is 105 cm³/mol. The lowest BCUT2D eigenvalue weighted by Crippen LogP contribution is -2.57. The van der Waals surface area contributed by atoms with E-state index in [1.54, 1.807) is 0 Å². The summed E-state index contributed by atoms with van der Waals surface area (Å²) in [4.78, 5) is 51.2. The lowest BCUT2D eigenvalue weighted by molar-refractivity contribution is -0.149. The number of furan rings is 1. The first-order valence-corrected chi connectivity index (χ1v) is 10.5. The molecule has 0 bridgehead atoms. The van der Waals surface area contributed by atoms with Gasteiger partial charge < -0.3 is 18.6 Å². The maximum absolute atomic E-state index is 13.7. The molecule has 1 aromatic heterocycles. The summed E-state index contributed by atoms with van der Waals surface area (Å²) in [6.45, 7) is 5.11. The molecule has 0 radical (unpaired) electrons. The van der Waals surface area contributed by atoms with Crippen LogP contribution in [0.2, 0.25) is 0 Å². The fourth-order valence-electron chi connectivity index (χ4n) is 6.28. The molecule has 8 nitrogen and oxygen atoms in total. The fourth-order valence-corrected chi connectivity index (χ4v) is 6.28. The van der Waals surface area contributed by atoms with Gasteiger partial charge in [0.2, 0.25) is 5.78 Å². The molecule has 0 aromatic carbocycles. The number of ketones is 2. The van der Waals surface area contributed by atoms with Crippen molar-refractivity contribution in [3.05, 3.63) is 34.3 Å². The first-order valence-electron chi connectivity index (χ1n) is 10.5. The average molecular weight is 428 g/mol. The van der Waals surface area contributed by atoms with Crippen molar-refractivity contribution in [1.82, 2.24) is 0 Å². The third-order valence-corrected chi connectivity index (χ3v) is 7.70. The molecule has 5 rings (SSSR count). The number of carbonyl (C=O) groups is 4. The minimum Gasteiger partial charge on any atom is -0.460 e. The summed E-state index contributed by atoms with van der Waals surface area (Å²) < 4.78 is 22.4. The minimum absolute atomic E-state index is 0.0635. The van der Waals surface area contributed by atoms with Crippen LogP contribution in [0.3, 0.4) is 0 Å². The van der Waals surface area contributed by atoms with Gasteiger partial charge in [0.25, 0.3) is 0 Å². The normalized spacial score (nSPS) is 36.0. The topological polar surface area (TPSA) is 109 Å². The largest absolute Gasteiger partial charge is 0.460 e. The van der Waals surface area contributed by atoms with E-state index in [0.717, 1.165) is 0 Å². The Morgan fingerprint density at radius 3 is 2.68 bits per heavy atom. The molecule has 3 aliphatic carbocycles. The smallest absolute Gasteiger partial charge is 0.342 e. The SMILES string of the molecule is COC[C@@H]1OC(=O)c2coc3c2[C@]1(C)C1=C(C3=O)[C@H]2CCC(=O)[C@]2(C)C[C@H]1OC(C)=O. The number of ether oxygens (including phenoxy) is 3. The zero-order valence-electron chi connectivity index (χ0n) is 17.9. The molecule has 0 spiro atoms. The Hall–Kier alpha value is -2.74. The first kappa shape index (κ1) is 20.2. The maximum atomic E-state index is 13.7. The summed E-state index contributed by atoms with van der Waals surface area (Å²) in [5.41, 5.74) is -0.0741. The Morgan fingerprint density at radius 1 is 1.26 bits per heavy atom. The van der Waals surface area contributed by atoms with Crippen LogP contribution in [0.25, 0.3) is 0 Å². The summed E-state index contributed by atoms with van der Waals surface area (Å²) in [5, 5.41) is 0. The van der Waals surface area contributed by atoms with Crippen molar-refractivity contribution >= 4 is 23.5 Å². The van der Waals surface area contributed by atoms with Gasteiger partial charge >= 0.3 is 11.9 Å². The number of rotatable bonds is 3. The van der Waals surface area contributed by atoms with Crippen molar-refractivity contribution in [1.29, 1.82) is 0 Å². The monoisotopic (exact) mass is 428 g/mol. The Balaban J connectivity index is 1.82. The second-order valence-corrected chi connectivity index (χ2v) is 9.30. The number of Topliss-reactive ketones (excluding diaryl/α,β-unsaturated/α-hetero) is 2. The van der Waals surface area contributed by atoms with Gasteiger partial charge in [-0.05, 0) is 18.9 Å². The van der Waals surface area contributed by atoms with E-state index in [1.165, 1.54) is 20.3 Å². The Morgan fingerprint density at radius 2 is 2.00 bits per heavy atom. The third-order valence-electron chi connectivity index (χ3n) is 7.70. The van der Waals surface area contributed by atoms with Crippen LogP contribution in [0.4, 0.5) is 0 Å². The molecular formula is C23H24O8. The number of hydrogen-bond donors (Lipinski definition) is 0. The molecule has 8 heteroatoms. The number of allylic oxidation sites excluding steroid dienone is 1. The van der Waals surface area contributed by atoms with Crippen molar-refractivity contribution in [3.63, 3.8) is 0 Å². The Bertz CT molecular complexity index is 1080. The van der Waals surface area contributed by atoms with E-state index in [2.05, 4.69) is 0 Å². The summed E-state index contributed by atoms with van der Waals surface area (Å²) in [6, 6.07) is 0. The van der Waals surface area contributed by atoms with Crippen LogP contribution in [-0.4, -0.2) is 49.4 Å². The van der Waals surface area contributed by atoms with Crippen LogP contribution in [0.15, 0.2) is 21.8 Å². The molecule has 2 heterocycles. The number of methoxy groups -OCH3 is 1. The van der Waals surface area contributed by atoms with Crippen molar-refractivity contribution in [3.8, 4) is 0 Å². The van der Waals surface area contributed by atoms with E-state index in [-0.39, 0.29) is 41.8 Å². The van der Waals surface area contributed by atoms with E-state index < -0.39 is 35.0 Å². The van der Waals surface area contributed by atoms with Gasteiger partial charge in [-0.3, -0.25) is 14.4 Å². The minimum atomic E-state index is -0.988. The maximum Gasteiger partial charge on any atom is 0.342 e. The highest BCUT2D eigenvalue weighted by molar-refractivity contribution is 6.14. The fraction of sp³-hybridized carbons (Fsp3) is 0.565. The lowest BCUT2D eigenvalue weighted by Gasteiger charge is -2.51. The highest BCUT2D eigenvalue weighted by atomic mass is 16.6. The number of cyclic esters (lactones) is 1. The lowest BCUT2D eigenvalue weighted by atomic mass is 9.54. The standard InChI is InChI=1S/C23H24O8/c1-10(24)30-13-7-22(2)12(5-6-14(22)25)16-18(13)23(3)15(9-28-4)31-21(27)11-8-29-20(17(11)23)19(16)26/h8,12-13,15H,5-7,9H2,1-4H3/t12-,13-,15+,22-,23-/m1/s1. The van der Waals surface area contributed by atoms with Crippen LogP contribution >= 0.6 is 0 Å². The molecule has 5 atom stereocenters. The zero-order valence-corrected chi connectivity index (χ0v) is 17.9. The molecule has 1 fully saturated rings. The highest BCUT2D eigenvalue weighted by Crippen LogP contribution is 2.61. The quantitative estimate of drug-likeness (QED) is 0.676. The highest BCUT2D eigenvalue weighted by Gasteiger charge is 2.64. The molecule has 164 valence electrons. The van der Waals surface area contributed by atoms with E-state index in [0.29, 0.717) is 29.6 Å². The summed E-state index contributed by atoms with van der Waals surface area (Å²) in [7, 11) is 1.50. The molecule has 1 aliphatic heterocycles. The van der Waals surface area contributed by atoms with Gasteiger partial charge in [-0.1, -0.05) is 6.92 Å². The van der Waals surface area contributed by atoms with Gasteiger partial charge in [0.05, 0.1) is 12.0 Å². The van der Waals surface area contributed by atoms with Crippen molar-refractivity contribution in [2.75, 3.05) is 13.7 Å². The van der Waals surface area contributed by atoms with Crippen LogP contribution in [-0.2, 0) is 29.2 Å². The van der Waals surface area contributed by atoms with Crippen molar-refractivity contribution < 1.29 is 37.8 Å². The average Bonchev–Trinajstić information content (AvgIpc) is 3.27. The number of esters is 2. The van der Waals surface area contributed by atoms with Gasteiger partial charge in [0, 0.05) is 49.3 Å². The Kier molecular flexibility index (Phi) is 4.16. The second kappa shape index (κ2) is 6.38. The number of fused-ring (bicyclic) bond motifs is 3. The van der Waals surface area contributed by atoms with Crippen LogP contribution in [0.1, 0.15) is 66.5 Å². The van der Waals surface area contributed by atoms with E-state index in [1.807, 2.05) is 13.8 Å². The van der Waals surface area contributed by atoms with Gasteiger partial charge in [0.1, 0.15) is 29.8 Å². The molecule has 0 N–H and O–H groups in total. The predicted octanol–water partition coefficient (Wildman–Crippen LogP) is 2.54. The molecule has 31 heavy (non-hydrogen) atoms. The Labute approximate surface area is 178 Å². The van der Waals surface area contributed by atoms with Crippen LogP contribution in [0, 0.1) is 11.3 Å². The van der Waals surface area contributed by atoms with Gasteiger partial charge in [0.15, 0.2) is 5.76 Å². The van der Waals surface area contributed by atoms with E-state index in [9.17, 15) is 19.2 Å². The van der Waals surface area contributed by atoms with Gasteiger partial charge in [-0.15, -0.1) is 0 Å². The van der Waals surface area contributed by atoms with Crippen LogP contribution in [0.5, 0.6) is 0 Å². The second-order valence-electron chi connectivity index (χ2n) is 9.30. The van der Waals surface area contributed by atoms with E-state index >= 15 is 0 Å². The zero-order chi connectivity index (χ0) is 22.3. The number of carbonyl (C=O) groups excluding carboxylic acids is 4. The molecule has 4 aliphatic rings. The van der Waals surface area contributed by atoms with Gasteiger partial charge in [-0.2, -0.15) is 0 Å². The number of hydrogen-bond acceptors (Lipinski definition) is 8. The van der Waals surface area contributed by atoms with Crippen molar-refractivity contribution in [2.45, 2.75) is 57.7 Å². The van der Waals surface area contributed by atoms with Gasteiger partial charge in [-0.25, -0.2) is 4.79 Å². The molecule has 0 amide bonds. The molecule has 0 unspecified atom stereocenters. The van der Waals surface area contributed by atoms with Crippen molar-refractivity contribution in [2.24, 2.45) is 11.3 Å². The molecule has 1 aromatic rings. The molecule has 0 saturated heterocycles. The summed E-state index contributed by atoms with van der Waals surface area (Å²) >= 11 is 0. The third kappa shape index (κ3) is 2.39. The van der Waals surface area contributed by atoms with E-state index in [4.69, 9.17) is 18.6 Å². The summed E-state index contributed by atoms with van der Waals surface area (Å²) in [6.07, 6.45) is 0.906. The molecule has 1 saturated carbocycles. The first-order chi connectivity index (χ1) is 14.6. The molecular weight excluding hydrogens is 404 g/mol. The van der Waals surface area contributed by atoms with Crippen LogP contribution < -0.4 is 0 Å². The summed E-state index contributed by atoms with van der Waals surface area (Å²) in [5.74, 6) is -1.58.